The van der Waals surface area contributed by atoms with Gasteiger partial charge in [-0.3, -0.25) is 0 Å². The zero-order valence-corrected chi connectivity index (χ0v) is 9.52. The lowest BCUT2D eigenvalue weighted by molar-refractivity contribution is -0.137. The molecule has 2 rings (SSSR count). The number of aliphatic hydroxyl groups is 1. The van der Waals surface area contributed by atoms with Gasteiger partial charge < -0.3 is 5.11 Å². The Bertz CT molecular complexity index is 580. The second kappa shape index (κ2) is 4.96. The number of aromatic nitrogens is 3. The topological polar surface area (TPSA) is 50.9 Å². The fourth-order valence-electron chi connectivity index (χ4n) is 1.51. The average Bonchev–Trinajstić information content (AvgIpc) is 2.77. The Labute approximate surface area is 105 Å². The Balaban J connectivity index is 2.42. The summed E-state index contributed by atoms with van der Waals surface area (Å²) in [5.41, 5.74) is -0.950. The third kappa shape index (κ3) is 2.90. The Kier molecular flexibility index (Phi) is 3.52. The Morgan fingerprint density at radius 1 is 1.26 bits per heavy atom. The van der Waals surface area contributed by atoms with Crippen molar-refractivity contribution < 1.29 is 22.7 Å². The van der Waals surface area contributed by atoms with Gasteiger partial charge in [0, 0.05) is 13.0 Å². The molecule has 1 aromatic heterocycles. The van der Waals surface area contributed by atoms with Gasteiger partial charge in [-0.15, -0.1) is 5.10 Å². The molecule has 8 heteroatoms. The number of alkyl halides is 3. The van der Waals surface area contributed by atoms with Gasteiger partial charge >= 0.3 is 6.18 Å². The molecule has 19 heavy (non-hydrogen) atoms. The summed E-state index contributed by atoms with van der Waals surface area (Å²) in [4.78, 5) is 0. The molecule has 2 aromatic rings. The number of aliphatic hydroxyl groups excluding tert-OH is 1. The number of hydrogen-bond acceptors (Lipinski definition) is 3. The van der Waals surface area contributed by atoms with Crippen LogP contribution in [0.15, 0.2) is 24.4 Å². The van der Waals surface area contributed by atoms with Crippen LogP contribution < -0.4 is 0 Å². The van der Waals surface area contributed by atoms with E-state index in [0.717, 1.165) is 10.7 Å². The van der Waals surface area contributed by atoms with Crippen LogP contribution >= 0.6 is 0 Å². The first-order valence-electron chi connectivity index (χ1n) is 5.31. The largest absolute Gasteiger partial charge is 0.416 e. The molecule has 0 spiro atoms. The monoisotopic (exact) mass is 275 g/mol. The summed E-state index contributed by atoms with van der Waals surface area (Å²) in [6.07, 6.45) is -3.09. The maximum Gasteiger partial charge on any atom is 0.416 e. The minimum Gasteiger partial charge on any atom is -0.396 e. The van der Waals surface area contributed by atoms with Gasteiger partial charge in [0.25, 0.3) is 0 Å². The van der Waals surface area contributed by atoms with Gasteiger partial charge in [0.1, 0.15) is 11.5 Å². The Hall–Kier alpha value is -1.96. The van der Waals surface area contributed by atoms with Crippen LogP contribution in [0.2, 0.25) is 0 Å². The van der Waals surface area contributed by atoms with E-state index in [9.17, 15) is 17.6 Å². The molecule has 0 fully saturated rings. The number of nitrogens with zero attached hydrogens (tertiary/aromatic N) is 3. The third-order valence-electron chi connectivity index (χ3n) is 2.43. The molecule has 0 saturated heterocycles. The second-order valence-electron chi connectivity index (χ2n) is 3.79. The highest BCUT2D eigenvalue weighted by Crippen LogP contribution is 2.31. The van der Waals surface area contributed by atoms with Gasteiger partial charge in [-0.05, 0) is 18.2 Å². The molecular weight excluding hydrogens is 266 g/mol. The van der Waals surface area contributed by atoms with E-state index in [1.54, 1.807) is 0 Å². The molecule has 0 aliphatic carbocycles. The first-order chi connectivity index (χ1) is 8.91. The lowest BCUT2D eigenvalue weighted by Crippen LogP contribution is -2.08. The van der Waals surface area contributed by atoms with Gasteiger partial charge in [0.15, 0.2) is 0 Å². The maximum atomic E-state index is 13.5. The van der Waals surface area contributed by atoms with Crippen molar-refractivity contribution in [2.75, 3.05) is 6.61 Å². The van der Waals surface area contributed by atoms with Crippen LogP contribution in [-0.2, 0) is 12.6 Å². The van der Waals surface area contributed by atoms with Crippen LogP contribution in [0.5, 0.6) is 0 Å². The minimum atomic E-state index is -4.56. The predicted octanol–water partition coefficient (Wildman–Crippen LogP) is 1.96. The van der Waals surface area contributed by atoms with E-state index in [-0.39, 0.29) is 18.7 Å². The molecule has 0 bridgehead atoms. The molecule has 0 amide bonds. The van der Waals surface area contributed by atoms with Crippen molar-refractivity contribution in [1.29, 1.82) is 0 Å². The van der Waals surface area contributed by atoms with Crippen molar-refractivity contribution in [2.24, 2.45) is 0 Å². The van der Waals surface area contributed by atoms with Crippen molar-refractivity contribution in [3.8, 4) is 5.69 Å². The van der Waals surface area contributed by atoms with Crippen LogP contribution in [0.1, 0.15) is 11.3 Å². The summed E-state index contributed by atoms with van der Waals surface area (Å²) < 4.78 is 52.1. The molecule has 4 nitrogen and oxygen atoms in total. The first-order valence-corrected chi connectivity index (χ1v) is 5.31. The quantitative estimate of drug-likeness (QED) is 0.871. The molecule has 0 aliphatic rings. The van der Waals surface area contributed by atoms with E-state index in [1.165, 1.54) is 6.20 Å². The lowest BCUT2D eigenvalue weighted by atomic mass is 10.2. The molecule has 0 atom stereocenters. The van der Waals surface area contributed by atoms with Crippen molar-refractivity contribution in [2.45, 2.75) is 12.6 Å². The number of benzene rings is 1. The zero-order chi connectivity index (χ0) is 14.0. The standard InChI is InChI=1S/C11H9F4N3O/c12-9-2-1-7(11(13,14)15)5-10(9)18-6-8(3-4-19)16-17-18/h1-2,5-6,19H,3-4H2. The molecular formula is C11H9F4N3O. The van der Waals surface area contributed by atoms with Gasteiger partial charge in [-0.2, -0.15) is 13.2 Å². The fourth-order valence-corrected chi connectivity index (χ4v) is 1.51. The summed E-state index contributed by atoms with van der Waals surface area (Å²) in [5, 5.41) is 15.9. The Morgan fingerprint density at radius 2 is 2.00 bits per heavy atom. The van der Waals surface area contributed by atoms with Crippen LogP contribution in [0, 0.1) is 5.82 Å². The SMILES string of the molecule is OCCc1cn(-c2cc(C(F)(F)F)ccc2F)nn1. The normalized spacial score (nSPS) is 11.8. The van der Waals surface area contributed by atoms with Gasteiger partial charge in [-0.1, -0.05) is 5.21 Å². The van der Waals surface area contributed by atoms with E-state index in [1.807, 2.05) is 0 Å². The molecule has 1 aromatic carbocycles. The van der Waals surface area contributed by atoms with Crippen molar-refractivity contribution >= 4 is 0 Å². The summed E-state index contributed by atoms with van der Waals surface area (Å²) in [5.74, 6) is -0.839. The van der Waals surface area contributed by atoms with Crippen molar-refractivity contribution in [1.82, 2.24) is 15.0 Å². The molecule has 102 valence electrons. The van der Waals surface area contributed by atoms with Crippen LogP contribution in [-0.4, -0.2) is 26.7 Å². The minimum absolute atomic E-state index is 0.177. The van der Waals surface area contributed by atoms with E-state index < -0.39 is 17.6 Å². The molecule has 0 aliphatic heterocycles. The van der Waals surface area contributed by atoms with E-state index >= 15 is 0 Å². The lowest BCUT2D eigenvalue weighted by Gasteiger charge is -2.09. The van der Waals surface area contributed by atoms with Gasteiger partial charge in [0.05, 0.1) is 17.5 Å². The average molecular weight is 275 g/mol. The fraction of sp³-hybridized carbons (Fsp3) is 0.273. The molecule has 0 unspecified atom stereocenters. The highest BCUT2D eigenvalue weighted by atomic mass is 19.4. The summed E-state index contributed by atoms with van der Waals surface area (Å²) >= 11 is 0. The van der Waals surface area contributed by atoms with Gasteiger partial charge in [-0.25, -0.2) is 9.07 Å². The molecule has 0 saturated carbocycles. The van der Waals surface area contributed by atoms with Crippen molar-refractivity contribution in [3.05, 3.63) is 41.5 Å². The zero-order valence-electron chi connectivity index (χ0n) is 9.52. The summed E-state index contributed by atoms with van der Waals surface area (Å²) in [6.45, 7) is -0.177. The molecule has 1 N–H and O–H groups in total. The highest BCUT2D eigenvalue weighted by molar-refractivity contribution is 5.38. The predicted molar refractivity (Wildman–Crippen MR) is 57.1 cm³/mol. The van der Waals surface area contributed by atoms with E-state index in [4.69, 9.17) is 5.11 Å². The highest BCUT2D eigenvalue weighted by Gasteiger charge is 2.31. The van der Waals surface area contributed by atoms with E-state index in [2.05, 4.69) is 10.3 Å². The first kappa shape index (κ1) is 13.5. The molecule has 0 radical (unpaired) electrons. The third-order valence-corrected chi connectivity index (χ3v) is 2.43. The molecule has 1 heterocycles. The van der Waals surface area contributed by atoms with Crippen LogP contribution in [0.4, 0.5) is 17.6 Å². The summed E-state index contributed by atoms with van der Waals surface area (Å²) in [6, 6.07) is 2.04. The van der Waals surface area contributed by atoms with E-state index in [0.29, 0.717) is 17.8 Å². The number of hydrogen-bond donors (Lipinski definition) is 1. The Morgan fingerprint density at radius 3 is 2.63 bits per heavy atom. The maximum absolute atomic E-state index is 13.5. The van der Waals surface area contributed by atoms with Gasteiger partial charge in [0.2, 0.25) is 0 Å². The van der Waals surface area contributed by atoms with Crippen molar-refractivity contribution in [3.63, 3.8) is 0 Å². The smallest absolute Gasteiger partial charge is 0.396 e. The van der Waals surface area contributed by atoms with Crippen LogP contribution in [0.3, 0.4) is 0 Å². The number of halogens is 4. The summed E-state index contributed by atoms with van der Waals surface area (Å²) in [7, 11) is 0. The van der Waals surface area contributed by atoms with Crippen LogP contribution in [0.25, 0.3) is 5.69 Å². The second-order valence-corrected chi connectivity index (χ2v) is 3.79. The number of rotatable bonds is 3.